The Kier molecular flexibility index (Phi) is 15.2. The number of hydrogen-bond acceptors (Lipinski definition) is 8. The summed E-state index contributed by atoms with van der Waals surface area (Å²) in [6, 6.07) is 51.0. The normalized spacial score (nSPS) is 10.5. The van der Waals surface area contributed by atoms with Crippen molar-refractivity contribution < 1.29 is 19.2 Å². The summed E-state index contributed by atoms with van der Waals surface area (Å²) in [5.41, 5.74) is 21.1. The third kappa shape index (κ3) is 11.8. The molecule has 0 aliphatic carbocycles. The van der Waals surface area contributed by atoms with E-state index in [1.807, 2.05) is 85.8 Å². The number of rotatable bonds is 12. The Hall–Kier alpha value is -8.29. The van der Waals surface area contributed by atoms with E-state index in [9.17, 15) is 19.2 Å². The summed E-state index contributed by atoms with van der Waals surface area (Å²) in [4.78, 5) is 59.5. The van der Waals surface area contributed by atoms with Crippen molar-refractivity contribution in [1.29, 1.82) is 0 Å². The van der Waals surface area contributed by atoms with Crippen LogP contribution >= 0.6 is 11.6 Å². The Morgan fingerprint density at radius 3 is 1.42 bits per heavy atom. The maximum atomic E-state index is 12.9. The molecule has 328 valence electrons. The van der Waals surface area contributed by atoms with Crippen LogP contribution in [0.25, 0.3) is 22.3 Å². The van der Waals surface area contributed by atoms with Gasteiger partial charge < -0.3 is 32.7 Å². The monoisotopic (exact) mass is 892 g/mol. The summed E-state index contributed by atoms with van der Waals surface area (Å²) < 4.78 is 0. The van der Waals surface area contributed by atoms with Gasteiger partial charge in [0, 0.05) is 36.6 Å². The van der Waals surface area contributed by atoms with E-state index in [0.717, 1.165) is 38.9 Å². The molecule has 8 rings (SSSR count). The van der Waals surface area contributed by atoms with E-state index in [1.165, 1.54) is 6.20 Å². The lowest BCUT2D eigenvalue weighted by atomic mass is 9.98. The molecule has 0 saturated carbocycles. The number of hydrogen-bond donors (Lipinski definition) is 6. The third-order valence-electron chi connectivity index (χ3n) is 10.3. The highest BCUT2D eigenvalue weighted by atomic mass is 35.5. The van der Waals surface area contributed by atoms with Crippen LogP contribution in [-0.4, -0.2) is 33.6 Å². The van der Waals surface area contributed by atoms with Crippen LogP contribution in [-0.2, 0) is 13.1 Å². The highest BCUT2D eigenvalue weighted by molar-refractivity contribution is 6.30. The van der Waals surface area contributed by atoms with Crippen molar-refractivity contribution in [3.05, 3.63) is 226 Å². The van der Waals surface area contributed by atoms with Crippen molar-refractivity contribution in [3.8, 4) is 22.3 Å². The number of halogens is 1. The highest BCUT2D eigenvalue weighted by Crippen LogP contribution is 2.26. The molecular weight excluding hydrogens is 848 g/mol. The first-order chi connectivity index (χ1) is 32.1. The van der Waals surface area contributed by atoms with E-state index in [2.05, 4.69) is 31.2 Å². The summed E-state index contributed by atoms with van der Waals surface area (Å²) in [5, 5.41) is 11.6. The number of aryl methyl sites for hydroxylation is 1. The molecule has 8 aromatic rings. The van der Waals surface area contributed by atoms with Crippen molar-refractivity contribution in [2.75, 3.05) is 21.3 Å². The topological polar surface area (TPSA) is 194 Å². The Balaban J connectivity index is 0.000000196. The van der Waals surface area contributed by atoms with Crippen molar-refractivity contribution in [2.45, 2.75) is 20.0 Å². The number of para-hydroxylation sites is 2. The maximum absolute atomic E-state index is 12.9. The van der Waals surface area contributed by atoms with Gasteiger partial charge in [-0.25, -0.2) is 9.97 Å². The smallest absolute Gasteiger partial charge is 0.258 e. The lowest BCUT2D eigenvalue weighted by Gasteiger charge is -2.12. The fourth-order valence-corrected chi connectivity index (χ4v) is 6.87. The van der Waals surface area contributed by atoms with Gasteiger partial charge >= 0.3 is 0 Å². The van der Waals surface area contributed by atoms with Crippen LogP contribution < -0.4 is 32.7 Å². The second-order valence-corrected chi connectivity index (χ2v) is 15.3. The molecule has 0 unspecified atom stereocenters. The standard InChI is InChI=1S/C27H24N4O2.C26H21ClN4O2/c1-18-6-15-25(29-17-18)31-27(33)23-4-2-3-5-24(23)30-26(32)22-13-11-21(12-14-22)20-9-7-19(16-28)8-10-20;27-20-13-14-24(29-16-20)31-26(33)22-7-3-4-8-23(22)30-25(32)18-11-9-17(10-12-18)21-6-2-1-5-19(21)15-28/h2-15,17H,16,28H2,1H3,(H,30,32)(H,29,31,33);1-14,16H,15,28H2,(H,30,32)(H,29,31,33). The Morgan fingerprint density at radius 2 is 0.939 bits per heavy atom. The minimum absolute atomic E-state index is 0.297. The molecule has 2 heterocycles. The average Bonchev–Trinajstić information content (AvgIpc) is 3.36. The van der Waals surface area contributed by atoms with Crippen LogP contribution in [0, 0.1) is 6.92 Å². The van der Waals surface area contributed by atoms with E-state index in [4.69, 9.17) is 23.1 Å². The third-order valence-corrected chi connectivity index (χ3v) is 10.6. The van der Waals surface area contributed by atoms with E-state index in [0.29, 0.717) is 63.4 Å². The molecule has 13 heteroatoms. The average molecular weight is 893 g/mol. The molecule has 8 N–H and O–H groups in total. The Bertz CT molecular complexity index is 2960. The quantitative estimate of drug-likeness (QED) is 0.0697. The van der Waals surface area contributed by atoms with E-state index in [1.54, 1.807) is 97.2 Å². The number of aromatic nitrogens is 2. The summed E-state index contributed by atoms with van der Waals surface area (Å²) in [7, 11) is 0. The fraction of sp³-hybridized carbons (Fsp3) is 0.0566. The van der Waals surface area contributed by atoms with Crippen LogP contribution in [0.4, 0.5) is 23.0 Å². The van der Waals surface area contributed by atoms with Gasteiger partial charge in [-0.05, 0) is 113 Å². The van der Waals surface area contributed by atoms with Gasteiger partial charge in [-0.15, -0.1) is 0 Å². The van der Waals surface area contributed by atoms with Crippen molar-refractivity contribution in [2.24, 2.45) is 11.5 Å². The van der Waals surface area contributed by atoms with Crippen LogP contribution in [0.5, 0.6) is 0 Å². The SMILES string of the molecule is Cc1ccc(NC(=O)c2ccccc2NC(=O)c2ccc(-c3ccc(CN)cc3)cc2)nc1.NCc1ccccc1-c1ccc(C(=O)Nc2ccccc2C(=O)Nc2ccc(Cl)cn2)cc1. The maximum Gasteiger partial charge on any atom is 0.258 e. The highest BCUT2D eigenvalue weighted by Gasteiger charge is 2.17. The zero-order valence-corrected chi connectivity index (χ0v) is 36.6. The van der Waals surface area contributed by atoms with Gasteiger partial charge in [-0.3, -0.25) is 19.2 Å². The van der Waals surface area contributed by atoms with Crippen molar-refractivity contribution in [3.63, 3.8) is 0 Å². The lowest BCUT2D eigenvalue weighted by molar-refractivity contribution is 0.101. The molecule has 0 fully saturated rings. The number of nitrogens with one attached hydrogen (secondary N) is 4. The van der Waals surface area contributed by atoms with Gasteiger partial charge in [0.15, 0.2) is 0 Å². The number of amides is 4. The fourth-order valence-electron chi connectivity index (χ4n) is 6.76. The number of carbonyl (C=O) groups excluding carboxylic acids is 4. The van der Waals surface area contributed by atoms with Crippen LogP contribution in [0.15, 0.2) is 182 Å². The van der Waals surface area contributed by atoms with Gasteiger partial charge in [0.1, 0.15) is 11.6 Å². The predicted octanol–water partition coefficient (Wildman–Crippen LogP) is 10.4. The Labute approximate surface area is 387 Å². The molecule has 4 amide bonds. The number of anilines is 4. The molecule has 2 aromatic heterocycles. The van der Waals surface area contributed by atoms with Crippen LogP contribution in [0.1, 0.15) is 58.1 Å². The molecule has 12 nitrogen and oxygen atoms in total. The largest absolute Gasteiger partial charge is 0.326 e. The molecule has 0 spiro atoms. The number of nitrogens with zero attached hydrogens (tertiary/aromatic N) is 2. The molecule has 0 saturated heterocycles. The van der Waals surface area contributed by atoms with E-state index in [-0.39, 0.29) is 17.7 Å². The van der Waals surface area contributed by atoms with Crippen molar-refractivity contribution >= 4 is 58.2 Å². The summed E-state index contributed by atoms with van der Waals surface area (Å²) in [6.07, 6.45) is 3.12. The lowest BCUT2D eigenvalue weighted by Crippen LogP contribution is -2.18. The second-order valence-electron chi connectivity index (χ2n) is 14.9. The van der Waals surface area contributed by atoms with Gasteiger partial charge in [0.2, 0.25) is 0 Å². The first-order valence-corrected chi connectivity index (χ1v) is 21.2. The Morgan fingerprint density at radius 1 is 0.470 bits per heavy atom. The van der Waals surface area contributed by atoms with Gasteiger partial charge in [0.05, 0.1) is 27.5 Å². The molecule has 66 heavy (non-hydrogen) atoms. The summed E-state index contributed by atoms with van der Waals surface area (Å²) in [5.74, 6) is -0.555. The minimum atomic E-state index is -0.394. The zero-order chi connectivity index (χ0) is 46.4. The molecule has 0 radical (unpaired) electrons. The zero-order valence-electron chi connectivity index (χ0n) is 35.8. The predicted molar refractivity (Wildman–Crippen MR) is 262 cm³/mol. The minimum Gasteiger partial charge on any atom is -0.326 e. The van der Waals surface area contributed by atoms with Crippen LogP contribution in [0.2, 0.25) is 5.02 Å². The van der Waals surface area contributed by atoms with Crippen LogP contribution in [0.3, 0.4) is 0 Å². The molecule has 0 aliphatic rings. The number of benzene rings is 6. The second kappa shape index (κ2) is 21.9. The molecule has 0 bridgehead atoms. The number of carbonyl (C=O) groups is 4. The number of nitrogens with two attached hydrogens (primary N) is 2. The van der Waals surface area contributed by atoms with Gasteiger partial charge in [-0.1, -0.05) is 115 Å². The van der Waals surface area contributed by atoms with Gasteiger partial charge in [0.25, 0.3) is 23.6 Å². The molecular formula is C53H45ClN8O4. The molecule has 0 atom stereocenters. The van der Waals surface area contributed by atoms with Gasteiger partial charge in [-0.2, -0.15) is 0 Å². The summed E-state index contributed by atoms with van der Waals surface area (Å²) >= 11 is 5.84. The van der Waals surface area contributed by atoms with E-state index < -0.39 is 5.91 Å². The first-order valence-electron chi connectivity index (χ1n) is 20.8. The molecule has 0 aliphatic heterocycles. The number of pyridine rings is 2. The molecule has 6 aromatic carbocycles. The first kappa shape index (κ1) is 45.7. The van der Waals surface area contributed by atoms with E-state index >= 15 is 0 Å². The summed E-state index contributed by atoms with van der Waals surface area (Å²) in [6.45, 7) is 2.86. The van der Waals surface area contributed by atoms with Crippen molar-refractivity contribution in [1.82, 2.24) is 9.97 Å².